The third-order valence-electron chi connectivity index (χ3n) is 5.72. The Bertz CT molecular complexity index is 267. The van der Waals surface area contributed by atoms with E-state index in [2.05, 4.69) is 47.8 Å². The minimum Gasteiger partial charge on any atom is -0.379 e. The molecule has 0 unspecified atom stereocenters. The summed E-state index contributed by atoms with van der Waals surface area (Å²) in [7, 11) is 8.67. The third-order valence-corrected chi connectivity index (χ3v) is 5.72. The van der Waals surface area contributed by atoms with Crippen molar-refractivity contribution >= 4 is 0 Å². The number of nitrogens with zero attached hydrogens (tertiary/aromatic N) is 4. The number of rotatable bonds is 0. The lowest BCUT2D eigenvalue weighted by molar-refractivity contribution is 0.0503. The van der Waals surface area contributed by atoms with Crippen molar-refractivity contribution < 1.29 is 4.74 Å². The smallest absolute Gasteiger partial charge is 0.0594 e. The van der Waals surface area contributed by atoms with Gasteiger partial charge in [0.2, 0.25) is 0 Å². The monoisotopic (exact) mass is 384 g/mol. The molecule has 0 saturated carbocycles. The van der Waals surface area contributed by atoms with Crippen molar-refractivity contribution in [1.82, 2.24) is 19.6 Å². The van der Waals surface area contributed by atoms with E-state index in [9.17, 15) is 0 Å². The first kappa shape index (κ1) is 24.8. The normalized spacial score (nSPS) is 25.3. The van der Waals surface area contributed by atoms with E-state index in [1.165, 1.54) is 90.6 Å². The number of hydrogen-bond donors (Lipinski definition) is 0. The molecular formula is C22H48N4O. The minimum absolute atomic E-state index is 0.913. The number of likely N-dealkylation sites (N-methyl/N-ethyl adjacent to an activating group) is 1. The summed E-state index contributed by atoms with van der Waals surface area (Å²) in [6.45, 7) is 11.9. The predicted molar refractivity (Wildman–Crippen MR) is 118 cm³/mol. The summed E-state index contributed by atoms with van der Waals surface area (Å²) in [6.07, 6.45) is 11.4. The fraction of sp³-hybridized carbons (Fsp3) is 1.00. The summed E-state index contributed by atoms with van der Waals surface area (Å²) < 4.78 is 5.10. The molecule has 5 heteroatoms. The Balaban J connectivity index is 0.000000180. The molecular weight excluding hydrogens is 336 g/mol. The maximum atomic E-state index is 5.10. The van der Waals surface area contributed by atoms with E-state index >= 15 is 0 Å². The highest BCUT2D eigenvalue weighted by atomic mass is 16.5. The van der Waals surface area contributed by atoms with E-state index in [1.807, 2.05) is 0 Å². The molecule has 4 heterocycles. The Hall–Kier alpha value is -0.200. The van der Waals surface area contributed by atoms with Gasteiger partial charge < -0.3 is 24.3 Å². The lowest BCUT2D eigenvalue weighted by atomic mass is 10.1. The van der Waals surface area contributed by atoms with Crippen molar-refractivity contribution in [3.05, 3.63) is 0 Å². The van der Waals surface area contributed by atoms with Gasteiger partial charge in [-0.25, -0.2) is 0 Å². The number of morpholine rings is 1. The quantitative estimate of drug-likeness (QED) is 0.639. The zero-order chi connectivity index (χ0) is 19.7. The fourth-order valence-corrected chi connectivity index (χ4v) is 3.63. The zero-order valence-electron chi connectivity index (χ0n) is 18.9. The molecule has 27 heavy (non-hydrogen) atoms. The van der Waals surface area contributed by atoms with Crippen LogP contribution >= 0.6 is 0 Å². The van der Waals surface area contributed by atoms with Crippen LogP contribution in [-0.4, -0.2) is 113 Å². The molecule has 4 aliphatic rings. The van der Waals surface area contributed by atoms with Crippen LogP contribution in [0.15, 0.2) is 0 Å². The molecule has 4 aliphatic heterocycles. The van der Waals surface area contributed by atoms with E-state index in [0.717, 1.165) is 26.3 Å². The Morgan fingerprint density at radius 2 is 0.630 bits per heavy atom. The van der Waals surface area contributed by atoms with E-state index in [0.29, 0.717) is 0 Å². The first-order valence-corrected chi connectivity index (χ1v) is 11.4. The fourth-order valence-electron chi connectivity index (χ4n) is 3.63. The highest BCUT2D eigenvalue weighted by molar-refractivity contribution is 4.60. The van der Waals surface area contributed by atoms with Crippen molar-refractivity contribution in [2.75, 3.05) is 93.8 Å². The third kappa shape index (κ3) is 15.4. The largest absolute Gasteiger partial charge is 0.379 e. The molecule has 0 aromatic heterocycles. The van der Waals surface area contributed by atoms with Crippen molar-refractivity contribution in [2.45, 2.75) is 51.4 Å². The maximum Gasteiger partial charge on any atom is 0.0594 e. The Labute approximate surface area is 170 Å². The molecule has 5 nitrogen and oxygen atoms in total. The summed E-state index contributed by atoms with van der Waals surface area (Å²) in [6, 6.07) is 0. The second kappa shape index (κ2) is 16.7. The minimum atomic E-state index is 0.913. The summed E-state index contributed by atoms with van der Waals surface area (Å²) in [5.74, 6) is 0. The number of ether oxygens (including phenoxy) is 1. The number of likely N-dealkylation sites (tertiary alicyclic amines) is 3. The van der Waals surface area contributed by atoms with Gasteiger partial charge in [0, 0.05) is 13.1 Å². The average molecular weight is 385 g/mol. The second-order valence-corrected chi connectivity index (χ2v) is 8.65. The van der Waals surface area contributed by atoms with Gasteiger partial charge in [0.1, 0.15) is 0 Å². The summed E-state index contributed by atoms with van der Waals surface area (Å²) in [5, 5.41) is 0. The molecule has 4 rings (SSSR count). The maximum absolute atomic E-state index is 5.10. The molecule has 0 aromatic rings. The van der Waals surface area contributed by atoms with E-state index in [-0.39, 0.29) is 0 Å². The van der Waals surface area contributed by atoms with Crippen LogP contribution in [0.3, 0.4) is 0 Å². The molecule has 162 valence electrons. The average Bonchev–Trinajstić information content (AvgIpc) is 3.16. The van der Waals surface area contributed by atoms with Crippen molar-refractivity contribution in [1.29, 1.82) is 0 Å². The van der Waals surface area contributed by atoms with Crippen LogP contribution < -0.4 is 0 Å². The molecule has 0 spiro atoms. The first-order chi connectivity index (χ1) is 13.1. The first-order valence-electron chi connectivity index (χ1n) is 11.4. The van der Waals surface area contributed by atoms with Gasteiger partial charge in [-0.1, -0.05) is 12.8 Å². The molecule has 0 atom stereocenters. The van der Waals surface area contributed by atoms with Gasteiger partial charge in [-0.2, -0.15) is 0 Å². The highest BCUT2D eigenvalue weighted by Gasteiger charge is 2.04. The van der Waals surface area contributed by atoms with E-state index in [1.54, 1.807) is 0 Å². The SMILES string of the molecule is CN1CCCC1.CN1CCCCC1.CN1CCCCC1.CN1CCOCC1. The molecule has 0 aromatic carbocycles. The number of piperidine rings is 2. The Morgan fingerprint density at radius 1 is 0.370 bits per heavy atom. The van der Waals surface area contributed by atoms with Gasteiger partial charge >= 0.3 is 0 Å². The highest BCUT2D eigenvalue weighted by Crippen LogP contribution is 2.05. The van der Waals surface area contributed by atoms with E-state index in [4.69, 9.17) is 4.74 Å². The zero-order valence-corrected chi connectivity index (χ0v) is 18.9. The second-order valence-electron chi connectivity index (χ2n) is 8.65. The Morgan fingerprint density at radius 3 is 0.778 bits per heavy atom. The predicted octanol–water partition coefficient (Wildman–Crippen LogP) is 2.86. The van der Waals surface area contributed by atoms with Gasteiger partial charge in [-0.05, 0) is 106 Å². The van der Waals surface area contributed by atoms with Crippen molar-refractivity contribution in [3.63, 3.8) is 0 Å². The molecule has 0 amide bonds. The van der Waals surface area contributed by atoms with Gasteiger partial charge in [0.05, 0.1) is 13.2 Å². The van der Waals surface area contributed by atoms with Crippen LogP contribution in [0.5, 0.6) is 0 Å². The van der Waals surface area contributed by atoms with Gasteiger partial charge in [0.25, 0.3) is 0 Å². The van der Waals surface area contributed by atoms with Crippen LogP contribution in [0, 0.1) is 0 Å². The lowest BCUT2D eigenvalue weighted by Crippen LogP contribution is -2.32. The van der Waals surface area contributed by atoms with Crippen LogP contribution in [0.25, 0.3) is 0 Å². The molecule has 0 radical (unpaired) electrons. The van der Waals surface area contributed by atoms with Crippen LogP contribution in [0.1, 0.15) is 51.4 Å². The summed E-state index contributed by atoms with van der Waals surface area (Å²) in [4.78, 5) is 9.41. The Kier molecular flexibility index (Phi) is 15.4. The summed E-state index contributed by atoms with van der Waals surface area (Å²) in [5.41, 5.74) is 0. The number of hydrogen-bond acceptors (Lipinski definition) is 5. The van der Waals surface area contributed by atoms with Crippen molar-refractivity contribution in [2.24, 2.45) is 0 Å². The van der Waals surface area contributed by atoms with Crippen molar-refractivity contribution in [3.8, 4) is 0 Å². The van der Waals surface area contributed by atoms with Gasteiger partial charge in [-0.15, -0.1) is 0 Å². The summed E-state index contributed by atoms with van der Waals surface area (Å²) >= 11 is 0. The molecule has 0 aliphatic carbocycles. The van der Waals surface area contributed by atoms with E-state index < -0.39 is 0 Å². The van der Waals surface area contributed by atoms with Crippen LogP contribution in [0.2, 0.25) is 0 Å². The lowest BCUT2D eigenvalue weighted by Gasteiger charge is -2.21. The van der Waals surface area contributed by atoms with Gasteiger partial charge in [0.15, 0.2) is 0 Å². The molecule has 4 saturated heterocycles. The molecule has 0 bridgehead atoms. The van der Waals surface area contributed by atoms with Crippen LogP contribution in [0.4, 0.5) is 0 Å². The van der Waals surface area contributed by atoms with Gasteiger partial charge in [-0.3, -0.25) is 0 Å². The standard InChI is InChI=1S/2C6H13N.C5H11NO.C5H11N/c2*1-7-5-3-2-4-6-7;1-6-2-4-7-5-3-6;1-6-4-2-3-5-6/h2*2-6H2,1H3;2-5H2,1H3;2-5H2,1H3. The molecule has 4 fully saturated rings. The van der Waals surface area contributed by atoms with Crippen LogP contribution in [-0.2, 0) is 4.74 Å². The topological polar surface area (TPSA) is 22.2 Å². The molecule has 0 N–H and O–H groups in total.